The van der Waals surface area contributed by atoms with Gasteiger partial charge in [0, 0.05) is 32.7 Å². The fourth-order valence-electron chi connectivity index (χ4n) is 2.74. The molecule has 1 heterocycles. The fourth-order valence-corrected chi connectivity index (χ4v) is 2.74. The second-order valence-corrected chi connectivity index (χ2v) is 6.78. The van der Waals surface area contributed by atoms with Crippen molar-refractivity contribution in [1.82, 2.24) is 15.5 Å². The van der Waals surface area contributed by atoms with E-state index in [0.29, 0.717) is 25.6 Å². The maximum absolute atomic E-state index is 11.7. The smallest absolute Gasteiger partial charge is 0.309 e. The van der Waals surface area contributed by atoms with Crippen LogP contribution in [0.2, 0.25) is 0 Å². The number of ether oxygens (including phenoxy) is 1. The molecule has 1 aromatic carbocycles. The zero-order valence-corrected chi connectivity index (χ0v) is 15.2. The summed E-state index contributed by atoms with van der Waals surface area (Å²) in [6.07, 6.45) is 0.913. The standard InChI is InChI=1S/C19H29N3O3/c1-15(2)13-21-19(24)18(23)20-9-6-10-22-11-12-25-17(14-22)16-7-4-3-5-8-16/h3-5,7-8,15,17H,6,9-14H2,1-2H3,(H,20,23)(H,21,24). The Morgan fingerprint density at radius 2 is 1.92 bits per heavy atom. The van der Waals surface area contributed by atoms with Crippen LogP contribution < -0.4 is 10.6 Å². The van der Waals surface area contributed by atoms with Gasteiger partial charge in [-0.05, 0) is 17.9 Å². The molecule has 1 fully saturated rings. The minimum Gasteiger partial charge on any atom is -0.371 e. The number of hydrogen-bond acceptors (Lipinski definition) is 4. The van der Waals surface area contributed by atoms with Crippen LogP contribution in [0.4, 0.5) is 0 Å². The molecule has 6 nitrogen and oxygen atoms in total. The summed E-state index contributed by atoms with van der Waals surface area (Å²) in [5.41, 5.74) is 1.20. The first-order valence-electron chi connectivity index (χ1n) is 9.01. The van der Waals surface area contributed by atoms with Gasteiger partial charge < -0.3 is 15.4 Å². The van der Waals surface area contributed by atoms with Crippen LogP contribution in [0, 0.1) is 5.92 Å². The van der Waals surface area contributed by atoms with Gasteiger partial charge in [0.2, 0.25) is 0 Å². The highest BCUT2D eigenvalue weighted by Gasteiger charge is 2.21. The predicted octanol–water partition coefficient (Wildman–Crippen LogP) is 1.34. The normalized spacial score (nSPS) is 18.1. The van der Waals surface area contributed by atoms with Gasteiger partial charge >= 0.3 is 11.8 Å². The number of hydrogen-bond donors (Lipinski definition) is 2. The summed E-state index contributed by atoms with van der Waals surface area (Å²) >= 11 is 0. The Morgan fingerprint density at radius 3 is 2.64 bits per heavy atom. The molecule has 0 saturated carbocycles. The third-order valence-electron chi connectivity index (χ3n) is 4.14. The molecular formula is C19H29N3O3. The highest BCUT2D eigenvalue weighted by Crippen LogP contribution is 2.21. The first kappa shape index (κ1) is 19.4. The van der Waals surface area contributed by atoms with Gasteiger partial charge in [-0.3, -0.25) is 14.5 Å². The molecule has 1 atom stereocenters. The van der Waals surface area contributed by atoms with Crippen molar-refractivity contribution in [1.29, 1.82) is 0 Å². The molecule has 0 aliphatic carbocycles. The van der Waals surface area contributed by atoms with Crippen LogP contribution in [-0.4, -0.2) is 56.0 Å². The zero-order valence-electron chi connectivity index (χ0n) is 15.2. The van der Waals surface area contributed by atoms with Gasteiger partial charge in [0.1, 0.15) is 0 Å². The molecule has 0 aromatic heterocycles. The Bertz CT molecular complexity index is 548. The third kappa shape index (κ3) is 6.84. The van der Waals surface area contributed by atoms with Crippen molar-refractivity contribution in [2.45, 2.75) is 26.4 Å². The molecule has 2 rings (SSSR count). The number of morpholine rings is 1. The second kappa shape index (κ2) is 10.2. The van der Waals surface area contributed by atoms with E-state index in [1.807, 2.05) is 32.0 Å². The Balaban J connectivity index is 1.64. The van der Waals surface area contributed by atoms with E-state index in [1.165, 1.54) is 5.56 Å². The average molecular weight is 347 g/mol. The number of nitrogens with one attached hydrogen (secondary N) is 2. The van der Waals surface area contributed by atoms with E-state index in [0.717, 1.165) is 26.1 Å². The third-order valence-corrected chi connectivity index (χ3v) is 4.14. The number of benzene rings is 1. The van der Waals surface area contributed by atoms with Gasteiger partial charge in [0.05, 0.1) is 12.7 Å². The maximum atomic E-state index is 11.7. The first-order valence-corrected chi connectivity index (χ1v) is 9.01. The van der Waals surface area contributed by atoms with Gasteiger partial charge in [0.25, 0.3) is 0 Å². The molecule has 2 N–H and O–H groups in total. The first-order chi connectivity index (χ1) is 12.1. The SMILES string of the molecule is CC(C)CNC(=O)C(=O)NCCCN1CCOC(c2ccccc2)C1. The van der Waals surface area contributed by atoms with E-state index in [2.05, 4.69) is 27.7 Å². The summed E-state index contributed by atoms with van der Waals surface area (Å²) in [7, 11) is 0. The summed E-state index contributed by atoms with van der Waals surface area (Å²) < 4.78 is 5.85. The van der Waals surface area contributed by atoms with Gasteiger partial charge in [-0.15, -0.1) is 0 Å². The number of carbonyl (C=O) groups is 2. The fraction of sp³-hybridized carbons (Fsp3) is 0.579. The predicted molar refractivity (Wildman–Crippen MR) is 97.0 cm³/mol. The van der Waals surface area contributed by atoms with E-state index < -0.39 is 11.8 Å². The molecule has 0 bridgehead atoms. The van der Waals surface area contributed by atoms with Crippen molar-refractivity contribution in [3.8, 4) is 0 Å². The molecule has 1 unspecified atom stereocenters. The molecular weight excluding hydrogens is 318 g/mol. The molecule has 138 valence electrons. The van der Waals surface area contributed by atoms with Crippen LogP contribution in [0.25, 0.3) is 0 Å². The Hall–Kier alpha value is -1.92. The Labute approximate surface area is 149 Å². The van der Waals surface area contributed by atoms with E-state index in [1.54, 1.807) is 0 Å². The highest BCUT2D eigenvalue weighted by atomic mass is 16.5. The van der Waals surface area contributed by atoms with Gasteiger partial charge in [0.15, 0.2) is 0 Å². The molecule has 1 aliphatic rings. The minimum absolute atomic E-state index is 0.103. The van der Waals surface area contributed by atoms with Crippen LogP contribution in [0.5, 0.6) is 0 Å². The second-order valence-electron chi connectivity index (χ2n) is 6.78. The lowest BCUT2D eigenvalue weighted by molar-refractivity contribution is -0.139. The van der Waals surface area contributed by atoms with Crippen LogP contribution in [-0.2, 0) is 14.3 Å². The van der Waals surface area contributed by atoms with E-state index in [9.17, 15) is 9.59 Å². The maximum Gasteiger partial charge on any atom is 0.309 e. The van der Waals surface area contributed by atoms with Crippen molar-refractivity contribution in [2.24, 2.45) is 5.92 Å². The quantitative estimate of drug-likeness (QED) is 0.577. The van der Waals surface area contributed by atoms with Crippen molar-refractivity contribution in [3.05, 3.63) is 35.9 Å². The van der Waals surface area contributed by atoms with E-state index in [-0.39, 0.29) is 6.10 Å². The molecule has 0 spiro atoms. The Kier molecular flexibility index (Phi) is 7.88. The number of carbonyl (C=O) groups excluding carboxylic acids is 2. The summed E-state index contributed by atoms with van der Waals surface area (Å²) in [5, 5.41) is 5.30. The lowest BCUT2D eigenvalue weighted by Gasteiger charge is -2.33. The number of amides is 2. The minimum atomic E-state index is -0.552. The molecule has 1 saturated heterocycles. The van der Waals surface area contributed by atoms with Crippen LogP contribution in [0.3, 0.4) is 0 Å². The van der Waals surface area contributed by atoms with Gasteiger partial charge in [-0.1, -0.05) is 44.2 Å². The molecule has 25 heavy (non-hydrogen) atoms. The molecule has 6 heteroatoms. The van der Waals surface area contributed by atoms with Crippen molar-refractivity contribution in [3.63, 3.8) is 0 Å². The lowest BCUT2D eigenvalue weighted by atomic mass is 10.1. The molecule has 1 aromatic rings. The largest absolute Gasteiger partial charge is 0.371 e. The number of nitrogens with zero attached hydrogens (tertiary/aromatic N) is 1. The van der Waals surface area contributed by atoms with Crippen molar-refractivity contribution in [2.75, 3.05) is 39.3 Å². The molecule has 0 radical (unpaired) electrons. The molecule has 1 aliphatic heterocycles. The van der Waals surface area contributed by atoms with Crippen molar-refractivity contribution >= 4 is 11.8 Å². The van der Waals surface area contributed by atoms with Gasteiger partial charge in [-0.2, -0.15) is 0 Å². The average Bonchev–Trinajstić information content (AvgIpc) is 2.64. The van der Waals surface area contributed by atoms with Crippen LogP contribution in [0.1, 0.15) is 31.9 Å². The monoisotopic (exact) mass is 347 g/mol. The van der Waals surface area contributed by atoms with Crippen LogP contribution >= 0.6 is 0 Å². The molecule has 2 amide bonds. The zero-order chi connectivity index (χ0) is 18.1. The summed E-state index contributed by atoms with van der Waals surface area (Å²) in [6, 6.07) is 10.2. The van der Waals surface area contributed by atoms with E-state index in [4.69, 9.17) is 4.74 Å². The summed E-state index contributed by atoms with van der Waals surface area (Å²) in [5.74, 6) is -0.773. The van der Waals surface area contributed by atoms with Crippen LogP contribution in [0.15, 0.2) is 30.3 Å². The summed E-state index contributed by atoms with van der Waals surface area (Å²) in [4.78, 5) is 25.6. The van der Waals surface area contributed by atoms with Gasteiger partial charge in [-0.25, -0.2) is 0 Å². The lowest BCUT2D eigenvalue weighted by Crippen LogP contribution is -2.43. The summed E-state index contributed by atoms with van der Waals surface area (Å²) in [6.45, 7) is 8.33. The topological polar surface area (TPSA) is 70.7 Å². The Morgan fingerprint density at radius 1 is 1.20 bits per heavy atom. The number of rotatable bonds is 7. The highest BCUT2D eigenvalue weighted by molar-refractivity contribution is 6.35. The van der Waals surface area contributed by atoms with E-state index >= 15 is 0 Å². The van der Waals surface area contributed by atoms with Crippen molar-refractivity contribution < 1.29 is 14.3 Å².